The highest BCUT2D eigenvalue weighted by Gasteiger charge is 2.35. The number of β-amino-alcohol motifs (C(OH)–C–C–N with tert-alkyl or cyclic N) is 1. The van der Waals surface area contributed by atoms with Crippen LogP contribution in [0.1, 0.15) is 11.1 Å². The minimum absolute atomic E-state index is 0.0370. The van der Waals surface area contributed by atoms with Gasteiger partial charge in [-0.15, -0.1) is 0 Å². The predicted molar refractivity (Wildman–Crippen MR) is 68.9 cm³/mol. The molecule has 0 saturated carbocycles. The van der Waals surface area contributed by atoms with Crippen LogP contribution in [0.2, 0.25) is 0 Å². The fourth-order valence-corrected chi connectivity index (χ4v) is 3.25. The van der Waals surface area contributed by atoms with Crippen molar-refractivity contribution in [3.8, 4) is 0 Å². The van der Waals surface area contributed by atoms with Crippen LogP contribution in [0, 0.1) is 13.8 Å². The van der Waals surface area contributed by atoms with Gasteiger partial charge in [-0.2, -0.15) is 0 Å². The summed E-state index contributed by atoms with van der Waals surface area (Å²) in [5, 5.41) is 12.8. The summed E-state index contributed by atoms with van der Waals surface area (Å²) in [4.78, 5) is 0.246. The van der Waals surface area contributed by atoms with E-state index < -0.39 is 15.6 Å². The molecule has 0 spiro atoms. The van der Waals surface area contributed by atoms with Crippen LogP contribution < -0.4 is 10.0 Å². The smallest absolute Gasteiger partial charge is 0.240 e. The molecule has 5 nitrogen and oxygen atoms in total. The van der Waals surface area contributed by atoms with E-state index in [1.807, 2.05) is 19.9 Å². The van der Waals surface area contributed by atoms with E-state index in [-0.39, 0.29) is 11.4 Å². The summed E-state index contributed by atoms with van der Waals surface area (Å²) in [6.07, 6.45) is 0. The summed E-state index contributed by atoms with van der Waals surface area (Å²) in [7, 11) is -3.55. The van der Waals surface area contributed by atoms with Gasteiger partial charge in [0.1, 0.15) is 5.60 Å². The lowest BCUT2D eigenvalue weighted by Crippen LogP contribution is -2.64. The summed E-state index contributed by atoms with van der Waals surface area (Å²) >= 11 is 0. The molecule has 1 aliphatic heterocycles. The molecule has 1 fully saturated rings. The van der Waals surface area contributed by atoms with Gasteiger partial charge in [-0.1, -0.05) is 6.07 Å². The number of nitrogens with one attached hydrogen (secondary N) is 2. The van der Waals surface area contributed by atoms with Crippen molar-refractivity contribution in [3.63, 3.8) is 0 Å². The quantitative estimate of drug-likeness (QED) is 0.715. The first kappa shape index (κ1) is 13.5. The fourth-order valence-electron chi connectivity index (χ4n) is 1.94. The SMILES string of the molecule is Cc1cc(C)cc(S(=O)(=O)NCC2(O)CNC2)c1. The Morgan fingerprint density at radius 2 is 1.83 bits per heavy atom. The summed E-state index contributed by atoms with van der Waals surface area (Å²) in [6.45, 7) is 4.59. The maximum atomic E-state index is 12.1. The van der Waals surface area contributed by atoms with Gasteiger partial charge < -0.3 is 10.4 Å². The molecular formula is C12H18N2O3S. The number of hydrogen-bond donors (Lipinski definition) is 3. The Kier molecular flexibility index (Phi) is 3.46. The molecular weight excluding hydrogens is 252 g/mol. The van der Waals surface area contributed by atoms with E-state index in [4.69, 9.17) is 0 Å². The normalized spacial score (nSPS) is 18.4. The molecule has 0 radical (unpaired) electrons. The third-order valence-electron chi connectivity index (χ3n) is 3.00. The zero-order valence-corrected chi connectivity index (χ0v) is 11.3. The first-order valence-electron chi connectivity index (χ1n) is 5.82. The Hall–Kier alpha value is -0.950. The maximum absolute atomic E-state index is 12.1. The molecule has 0 aromatic heterocycles. The molecule has 0 aliphatic carbocycles. The average Bonchev–Trinajstić information content (AvgIpc) is 2.22. The molecule has 18 heavy (non-hydrogen) atoms. The Labute approximate surface area is 107 Å². The number of sulfonamides is 1. The third kappa shape index (κ3) is 2.89. The molecule has 1 aromatic rings. The Balaban J connectivity index is 2.14. The topological polar surface area (TPSA) is 78.4 Å². The highest BCUT2D eigenvalue weighted by molar-refractivity contribution is 7.89. The second-order valence-electron chi connectivity index (χ2n) is 4.98. The summed E-state index contributed by atoms with van der Waals surface area (Å²) in [6, 6.07) is 5.17. The molecule has 3 N–H and O–H groups in total. The van der Waals surface area contributed by atoms with Crippen molar-refractivity contribution < 1.29 is 13.5 Å². The molecule has 1 heterocycles. The lowest BCUT2D eigenvalue weighted by molar-refractivity contribution is -0.00396. The summed E-state index contributed by atoms with van der Waals surface area (Å²) < 4.78 is 26.6. The molecule has 1 aliphatic rings. The van der Waals surface area contributed by atoms with Crippen LogP contribution in [0.5, 0.6) is 0 Å². The highest BCUT2D eigenvalue weighted by Crippen LogP contribution is 2.15. The van der Waals surface area contributed by atoms with Crippen LogP contribution in [0.15, 0.2) is 23.1 Å². The van der Waals surface area contributed by atoms with Gasteiger partial charge >= 0.3 is 0 Å². The molecule has 100 valence electrons. The van der Waals surface area contributed by atoms with E-state index in [0.29, 0.717) is 13.1 Å². The summed E-state index contributed by atoms with van der Waals surface area (Å²) in [5.74, 6) is 0. The van der Waals surface area contributed by atoms with Gasteiger partial charge in [-0.25, -0.2) is 13.1 Å². The van der Waals surface area contributed by atoms with Crippen LogP contribution in [-0.4, -0.2) is 38.8 Å². The van der Waals surface area contributed by atoms with Crippen molar-refractivity contribution >= 4 is 10.0 Å². The monoisotopic (exact) mass is 270 g/mol. The van der Waals surface area contributed by atoms with Crippen LogP contribution in [0.3, 0.4) is 0 Å². The van der Waals surface area contributed by atoms with Gasteiger partial charge in [0, 0.05) is 19.6 Å². The standard InChI is InChI=1S/C12H18N2O3S/c1-9-3-10(2)5-11(4-9)18(16,17)14-8-12(15)6-13-7-12/h3-5,13-15H,6-8H2,1-2H3. The van der Waals surface area contributed by atoms with Gasteiger partial charge in [0.25, 0.3) is 0 Å². The van der Waals surface area contributed by atoms with Crippen molar-refractivity contribution in [2.75, 3.05) is 19.6 Å². The van der Waals surface area contributed by atoms with E-state index in [9.17, 15) is 13.5 Å². The van der Waals surface area contributed by atoms with Gasteiger partial charge in [-0.05, 0) is 37.1 Å². The van der Waals surface area contributed by atoms with Crippen molar-refractivity contribution in [1.82, 2.24) is 10.0 Å². The largest absolute Gasteiger partial charge is 0.386 e. The van der Waals surface area contributed by atoms with Gasteiger partial charge in [0.05, 0.1) is 4.90 Å². The van der Waals surface area contributed by atoms with E-state index in [2.05, 4.69) is 10.0 Å². The van der Waals surface area contributed by atoms with Crippen LogP contribution in [-0.2, 0) is 10.0 Å². The number of hydrogen-bond acceptors (Lipinski definition) is 4. The molecule has 0 amide bonds. The lowest BCUT2D eigenvalue weighted by atomic mass is 9.98. The van der Waals surface area contributed by atoms with Crippen LogP contribution >= 0.6 is 0 Å². The van der Waals surface area contributed by atoms with Crippen LogP contribution in [0.25, 0.3) is 0 Å². The highest BCUT2D eigenvalue weighted by atomic mass is 32.2. The summed E-state index contributed by atoms with van der Waals surface area (Å²) in [5.41, 5.74) is 0.852. The molecule has 0 bridgehead atoms. The van der Waals surface area contributed by atoms with Gasteiger partial charge in [-0.3, -0.25) is 0 Å². The van der Waals surface area contributed by atoms with Gasteiger partial charge in [0.2, 0.25) is 10.0 Å². The number of aryl methyl sites for hydroxylation is 2. The molecule has 6 heteroatoms. The molecule has 1 saturated heterocycles. The van der Waals surface area contributed by atoms with E-state index >= 15 is 0 Å². The van der Waals surface area contributed by atoms with Crippen molar-refractivity contribution in [1.29, 1.82) is 0 Å². The minimum atomic E-state index is -3.55. The second kappa shape index (κ2) is 4.62. The fraction of sp³-hybridized carbons (Fsp3) is 0.500. The average molecular weight is 270 g/mol. The number of benzene rings is 1. The Morgan fingerprint density at radius 1 is 1.28 bits per heavy atom. The van der Waals surface area contributed by atoms with Crippen LogP contribution in [0.4, 0.5) is 0 Å². The Bertz CT molecular complexity index is 530. The van der Waals surface area contributed by atoms with Crippen molar-refractivity contribution in [2.24, 2.45) is 0 Å². The Morgan fingerprint density at radius 3 is 2.28 bits per heavy atom. The van der Waals surface area contributed by atoms with Crippen molar-refractivity contribution in [2.45, 2.75) is 24.3 Å². The zero-order valence-electron chi connectivity index (χ0n) is 10.5. The zero-order chi connectivity index (χ0) is 13.4. The van der Waals surface area contributed by atoms with E-state index in [1.54, 1.807) is 12.1 Å². The molecule has 0 atom stereocenters. The van der Waals surface area contributed by atoms with Gasteiger partial charge in [0.15, 0.2) is 0 Å². The van der Waals surface area contributed by atoms with E-state index in [1.165, 1.54) is 0 Å². The first-order valence-corrected chi connectivity index (χ1v) is 7.30. The number of aliphatic hydroxyl groups is 1. The predicted octanol–water partition coefficient (Wildman–Crippen LogP) is -0.0840. The first-order chi connectivity index (χ1) is 8.31. The van der Waals surface area contributed by atoms with E-state index in [0.717, 1.165) is 11.1 Å². The van der Waals surface area contributed by atoms with Crippen molar-refractivity contribution in [3.05, 3.63) is 29.3 Å². The lowest BCUT2D eigenvalue weighted by Gasteiger charge is -2.37. The number of rotatable bonds is 4. The molecule has 1 aromatic carbocycles. The maximum Gasteiger partial charge on any atom is 0.240 e. The molecule has 2 rings (SSSR count). The minimum Gasteiger partial charge on any atom is -0.386 e. The third-order valence-corrected chi connectivity index (χ3v) is 4.39. The molecule has 0 unspecified atom stereocenters. The second-order valence-corrected chi connectivity index (χ2v) is 6.74.